The van der Waals surface area contributed by atoms with Crippen molar-refractivity contribution in [3.63, 3.8) is 0 Å². The fraction of sp³-hybridized carbons (Fsp3) is 0.190. The van der Waals surface area contributed by atoms with Gasteiger partial charge in [-0.2, -0.15) is 10.1 Å². The normalized spacial score (nSPS) is 21.1. The first-order chi connectivity index (χ1) is 13.6. The van der Waals surface area contributed by atoms with Gasteiger partial charge in [-0.3, -0.25) is 4.79 Å². The Hall–Kier alpha value is -2.99. The molecule has 1 N–H and O–H groups in total. The predicted octanol–water partition coefficient (Wildman–Crippen LogP) is 4.49. The molecule has 2 aromatic carbocycles. The van der Waals surface area contributed by atoms with Gasteiger partial charge in [0.15, 0.2) is 5.78 Å². The molecule has 7 heteroatoms. The lowest BCUT2D eigenvalue weighted by Crippen LogP contribution is -2.33. The van der Waals surface area contributed by atoms with Crippen molar-refractivity contribution in [1.29, 1.82) is 0 Å². The Morgan fingerprint density at radius 2 is 1.89 bits per heavy atom. The molecule has 0 saturated carbocycles. The van der Waals surface area contributed by atoms with Crippen molar-refractivity contribution in [1.82, 2.24) is 14.8 Å². The summed E-state index contributed by atoms with van der Waals surface area (Å²) in [6.07, 6.45) is 2.46. The summed E-state index contributed by atoms with van der Waals surface area (Å²) in [7, 11) is 0. The van der Waals surface area contributed by atoms with Crippen molar-refractivity contribution in [3.8, 4) is 0 Å². The number of Topliss-reactive ketones (excluding diaryl/α,β-unsaturated/α-hetero) is 1. The van der Waals surface area contributed by atoms with Crippen LogP contribution in [0.1, 0.15) is 35.9 Å². The molecule has 1 aliphatic carbocycles. The zero-order valence-corrected chi connectivity index (χ0v) is 15.5. The van der Waals surface area contributed by atoms with Gasteiger partial charge < -0.3 is 5.32 Å². The lowest BCUT2D eigenvalue weighted by Gasteiger charge is -2.35. The lowest BCUT2D eigenvalue weighted by atomic mass is 9.78. The van der Waals surface area contributed by atoms with Crippen molar-refractivity contribution in [2.24, 2.45) is 0 Å². The maximum Gasteiger partial charge on any atom is 0.226 e. The molecule has 140 valence electrons. The number of carbonyl (C=O) groups is 1. The third-order valence-electron chi connectivity index (χ3n) is 5.40. The number of allylic oxidation sites excluding steroid dienone is 2. The summed E-state index contributed by atoms with van der Waals surface area (Å²) >= 11 is 6.46. The van der Waals surface area contributed by atoms with E-state index in [-0.39, 0.29) is 17.5 Å². The molecular weight excluding hydrogens is 379 g/mol. The molecule has 5 nitrogen and oxygen atoms in total. The van der Waals surface area contributed by atoms with Crippen molar-refractivity contribution in [2.45, 2.75) is 24.8 Å². The van der Waals surface area contributed by atoms with Crippen LogP contribution < -0.4 is 5.32 Å². The smallest absolute Gasteiger partial charge is 0.226 e. The molecule has 0 amide bonds. The van der Waals surface area contributed by atoms with Crippen LogP contribution >= 0.6 is 11.6 Å². The van der Waals surface area contributed by atoms with Crippen LogP contribution in [0.4, 0.5) is 10.3 Å². The Morgan fingerprint density at radius 1 is 1.11 bits per heavy atom. The van der Waals surface area contributed by atoms with E-state index in [0.29, 0.717) is 29.4 Å². The number of aromatic nitrogens is 3. The maximum absolute atomic E-state index is 13.3. The van der Waals surface area contributed by atoms with Crippen LogP contribution in [0.5, 0.6) is 0 Å². The van der Waals surface area contributed by atoms with Gasteiger partial charge in [-0.15, -0.1) is 0 Å². The number of anilines is 1. The summed E-state index contributed by atoms with van der Waals surface area (Å²) in [6, 6.07) is 13.4. The van der Waals surface area contributed by atoms with E-state index in [2.05, 4.69) is 15.4 Å². The van der Waals surface area contributed by atoms with E-state index >= 15 is 0 Å². The van der Waals surface area contributed by atoms with Crippen molar-refractivity contribution in [3.05, 3.63) is 88.1 Å². The van der Waals surface area contributed by atoms with Crippen molar-refractivity contribution < 1.29 is 9.18 Å². The summed E-state index contributed by atoms with van der Waals surface area (Å²) in [5.74, 6) is 0.319. The molecule has 2 atom stereocenters. The summed E-state index contributed by atoms with van der Waals surface area (Å²) in [6.45, 7) is 0. The van der Waals surface area contributed by atoms with Crippen LogP contribution in [-0.2, 0) is 4.79 Å². The standard InChI is InChI=1S/C21H16ClFN4O/c22-16-4-2-1-3-15(16)20-19-17(26-21-24-11-25-27(20)21)9-13(10-18(19)28)12-5-7-14(23)8-6-12/h1-8,11,13,20H,9-10H2,(H,24,25,26)/t13-,20+/m0/s1. The second kappa shape index (κ2) is 6.56. The summed E-state index contributed by atoms with van der Waals surface area (Å²) in [5, 5.41) is 8.17. The number of benzene rings is 2. The molecule has 2 heterocycles. The van der Waals surface area contributed by atoms with Gasteiger partial charge in [0.2, 0.25) is 5.95 Å². The second-order valence-electron chi connectivity index (χ2n) is 7.05. The number of carbonyl (C=O) groups excluding carboxylic acids is 1. The molecule has 0 bridgehead atoms. The number of nitrogens with zero attached hydrogens (tertiary/aromatic N) is 3. The van der Waals surface area contributed by atoms with E-state index in [4.69, 9.17) is 11.6 Å². The largest absolute Gasteiger partial charge is 0.328 e. The molecule has 0 unspecified atom stereocenters. The fourth-order valence-corrected chi connectivity index (χ4v) is 4.35. The van der Waals surface area contributed by atoms with E-state index in [0.717, 1.165) is 16.8 Å². The van der Waals surface area contributed by atoms with Gasteiger partial charge in [-0.1, -0.05) is 41.9 Å². The lowest BCUT2D eigenvalue weighted by molar-refractivity contribution is -0.116. The van der Waals surface area contributed by atoms with E-state index in [1.54, 1.807) is 16.8 Å². The third kappa shape index (κ3) is 2.72. The highest BCUT2D eigenvalue weighted by Gasteiger charge is 2.39. The number of ketones is 1. The Morgan fingerprint density at radius 3 is 2.68 bits per heavy atom. The van der Waals surface area contributed by atoms with E-state index in [1.165, 1.54) is 18.5 Å². The topological polar surface area (TPSA) is 59.8 Å². The average Bonchev–Trinajstić information content (AvgIpc) is 3.15. The highest BCUT2D eigenvalue weighted by molar-refractivity contribution is 6.31. The Balaban J connectivity index is 1.61. The Kier molecular flexibility index (Phi) is 4.02. The van der Waals surface area contributed by atoms with Gasteiger partial charge in [-0.25, -0.2) is 9.07 Å². The molecule has 1 aliphatic heterocycles. The van der Waals surface area contributed by atoms with Gasteiger partial charge in [0.05, 0.1) is 0 Å². The van der Waals surface area contributed by atoms with Crippen LogP contribution in [-0.4, -0.2) is 20.5 Å². The number of rotatable bonds is 2. The second-order valence-corrected chi connectivity index (χ2v) is 7.46. The quantitative estimate of drug-likeness (QED) is 0.695. The fourth-order valence-electron chi connectivity index (χ4n) is 4.11. The van der Waals surface area contributed by atoms with Crippen LogP contribution in [0.15, 0.2) is 66.1 Å². The third-order valence-corrected chi connectivity index (χ3v) is 5.75. The van der Waals surface area contributed by atoms with Crippen molar-refractivity contribution >= 4 is 23.3 Å². The number of hydrogen-bond acceptors (Lipinski definition) is 4. The van der Waals surface area contributed by atoms with Crippen molar-refractivity contribution in [2.75, 3.05) is 5.32 Å². The minimum absolute atomic E-state index is 0.0132. The van der Waals surface area contributed by atoms with Gasteiger partial charge >= 0.3 is 0 Å². The summed E-state index contributed by atoms with van der Waals surface area (Å²) in [4.78, 5) is 17.5. The van der Waals surface area contributed by atoms with Crippen LogP contribution in [0.3, 0.4) is 0 Å². The highest BCUT2D eigenvalue weighted by Crippen LogP contribution is 2.44. The van der Waals surface area contributed by atoms with E-state index in [9.17, 15) is 9.18 Å². The molecule has 5 rings (SSSR count). The average molecular weight is 395 g/mol. The van der Waals surface area contributed by atoms with Crippen LogP contribution in [0.25, 0.3) is 0 Å². The molecule has 3 aromatic rings. The molecule has 0 saturated heterocycles. The zero-order valence-electron chi connectivity index (χ0n) is 14.8. The predicted molar refractivity (Wildman–Crippen MR) is 104 cm³/mol. The molecule has 0 fully saturated rings. The molecule has 0 spiro atoms. The van der Waals surface area contributed by atoms with Gasteiger partial charge in [0.1, 0.15) is 18.2 Å². The summed E-state index contributed by atoms with van der Waals surface area (Å²) < 4.78 is 15.0. The summed E-state index contributed by atoms with van der Waals surface area (Å²) in [5.41, 5.74) is 3.27. The Bertz CT molecular complexity index is 1110. The molecule has 0 radical (unpaired) electrons. The SMILES string of the molecule is O=C1C[C@@H](c2ccc(F)cc2)CC2=C1[C@@H](c1ccccc1Cl)n1ncnc1N2. The van der Waals surface area contributed by atoms with E-state index < -0.39 is 6.04 Å². The number of hydrogen-bond donors (Lipinski definition) is 1. The monoisotopic (exact) mass is 394 g/mol. The first-order valence-electron chi connectivity index (χ1n) is 9.04. The van der Waals surface area contributed by atoms with Gasteiger partial charge in [0, 0.05) is 28.3 Å². The number of halogens is 2. The molecule has 2 aliphatic rings. The van der Waals surface area contributed by atoms with Crippen LogP contribution in [0, 0.1) is 5.82 Å². The first-order valence-corrected chi connectivity index (χ1v) is 9.42. The number of nitrogens with one attached hydrogen (secondary N) is 1. The van der Waals surface area contributed by atoms with Gasteiger partial charge in [0.25, 0.3) is 0 Å². The van der Waals surface area contributed by atoms with E-state index in [1.807, 2.05) is 24.3 Å². The molecular formula is C21H16ClFN4O. The van der Waals surface area contributed by atoms with Crippen LogP contribution in [0.2, 0.25) is 5.02 Å². The minimum Gasteiger partial charge on any atom is -0.328 e. The number of fused-ring (bicyclic) bond motifs is 1. The molecule has 28 heavy (non-hydrogen) atoms. The highest BCUT2D eigenvalue weighted by atomic mass is 35.5. The van der Waals surface area contributed by atoms with Gasteiger partial charge in [-0.05, 0) is 36.1 Å². The zero-order chi connectivity index (χ0) is 19.3. The molecule has 1 aromatic heterocycles. The minimum atomic E-state index is -0.413. The Labute approximate surface area is 165 Å². The maximum atomic E-state index is 13.3. The first kappa shape index (κ1) is 17.1.